The third-order valence-corrected chi connectivity index (χ3v) is 5.54. The maximum Gasteiger partial charge on any atom is 0.232 e. The summed E-state index contributed by atoms with van der Waals surface area (Å²) in [6, 6.07) is 16.2. The summed E-state index contributed by atoms with van der Waals surface area (Å²) in [7, 11) is 1.75. The van der Waals surface area contributed by atoms with Gasteiger partial charge in [-0.25, -0.2) is 0 Å². The monoisotopic (exact) mass is 379 g/mol. The van der Waals surface area contributed by atoms with E-state index in [4.69, 9.17) is 0 Å². The van der Waals surface area contributed by atoms with Crippen LogP contribution in [0.15, 0.2) is 48.5 Å². The lowest BCUT2D eigenvalue weighted by Crippen LogP contribution is -2.49. The van der Waals surface area contributed by atoms with Crippen molar-refractivity contribution in [2.75, 3.05) is 38.1 Å². The van der Waals surface area contributed by atoms with E-state index in [1.807, 2.05) is 35.2 Å². The van der Waals surface area contributed by atoms with Crippen molar-refractivity contribution in [2.45, 2.75) is 26.8 Å². The first-order valence-electron chi connectivity index (χ1n) is 9.82. The fraction of sp³-hybridized carbons (Fsp3) is 0.391. The Labute approximate surface area is 167 Å². The smallest absolute Gasteiger partial charge is 0.232 e. The molecule has 0 N–H and O–H groups in total. The van der Waals surface area contributed by atoms with E-state index in [0.717, 1.165) is 18.7 Å². The first kappa shape index (κ1) is 19.9. The molecule has 28 heavy (non-hydrogen) atoms. The van der Waals surface area contributed by atoms with Crippen LogP contribution in [0.5, 0.6) is 0 Å². The van der Waals surface area contributed by atoms with Crippen molar-refractivity contribution in [1.29, 1.82) is 0 Å². The fourth-order valence-corrected chi connectivity index (χ4v) is 3.60. The predicted octanol–water partition coefficient (Wildman–Crippen LogP) is 3.00. The van der Waals surface area contributed by atoms with Gasteiger partial charge >= 0.3 is 0 Å². The number of hydrogen-bond donors (Lipinski definition) is 0. The molecule has 5 nitrogen and oxygen atoms in total. The minimum atomic E-state index is -0.134. The Morgan fingerprint density at radius 3 is 2.29 bits per heavy atom. The third kappa shape index (κ3) is 4.71. The van der Waals surface area contributed by atoms with Gasteiger partial charge in [-0.3, -0.25) is 9.59 Å². The second-order valence-corrected chi connectivity index (χ2v) is 7.50. The van der Waals surface area contributed by atoms with Crippen molar-refractivity contribution in [3.8, 4) is 0 Å². The third-order valence-electron chi connectivity index (χ3n) is 5.54. The van der Waals surface area contributed by atoms with Crippen molar-refractivity contribution in [2.24, 2.45) is 0 Å². The van der Waals surface area contributed by atoms with Gasteiger partial charge in [-0.1, -0.05) is 42.5 Å². The molecule has 0 radical (unpaired) electrons. The van der Waals surface area contributed by atoms with Gasteiger partial charge in [-0.15, -0.1) is 0 Å². The van der Waals surface area contributed by atoms with Crippen molar-refractivity contribution in [1.82, 2.24) is 9.80 Å². The van der Waals surface area contributed by atoms with Crippen molar-refractivity contribution >= 4 is 17.5 Å². The van der Waals surface area contributed by atoms with E-state index < -0.39 is 0 Å². The molecule has 0 aromatic heterocycles. The van der Waals surface area contributed by atoms with Crippen molar-refractivity contribution < 1.29 is 9.59 Å². The molecule has 1 heterocycles. The van der Waals surface area contributed by atoms with E-state index in [0.29, 0.717) is 19.6 Å². The second-order valence-electron chi connectivity index (χ2n) is 7.50. The van der Waals surface area contributed by atoms with Crippen LogP contribution in [-0.4, -0.2) is 54.8 Å². The van der Waals surface area contributed by atoms with Gasteiger partial charge in [0.25, 0.3) is 0 Å². The summed E-state index contributed by atoms with van der Waals surface area (Å²) < 4.78 is 0. The molecule has 1 aliphatic rings. The summed E-state index contributed by atoms with van der Waals surface area (Å²) >= 11 is 0. The minimum Gasteiger partial charge on any atom is -0.368 e. The first-order valence-corrected chi connectivity index (χ1v) is 9.82. The van der Waals surface area contributed by atoms with Crippen molar-refractivity contribution in [3.63, 3.8) is 0 Å². The highest BCUT2D eigenvalue weighted by Crippen LogP contribution is 2.24. The average molecular weight is 380 g/mol. The highest BCUT2D eigenvalue weighted by molar-refractivity contribution is 5.96. The Morgan fingerprint density at radius 1 is 0.929 bits per heavy atom. The summed E-state index contributed by atoms with van der Waals surface area (Å²) in [6.45, 7) is 7.69. The van der Waals surface area contributed by atoms with Gasteiger partial charge in [0.15, 0.2) is 0 Å². The molecule has 0 unspecified atom stereocenters. The summed E-state index contributed by atoms with van der Waals surface area (Å²) in [5.41, 5.74) is 4.88. The Kier molecular flexibility index (Phi) is 6.34. The number of anilines is 1. The van der Waals surface area contributed by atoms with Crippen LogP contribution in [-0.2, 0) is 16.1 Å². The Bertz CT molecular complexity index is 827. The minimum absolute atomic E-state index is 0.0627. The quantitative estimate of drug-likeness (QED) is 0.750. The molecule has 3 rings (SSSR count). The molecular formula is C23H29N3O2. The van der Waals surface area contributed by atoms with Crippen LogP contribution in [0.4, 0.5) is 5.69 Å². The van der Waals surface area contributed by atoms with Crippen LogP contribution in [0.2, 0.25) is 0 Å². The number of rotatable bonds is 5. The lowest BCUT2D eigenvalue weighted by molar-refractivity contribution is -0.140. The zero-order valence-corrected chi connectivity index (χ0v) is 17.0. The van der Waals surface area contributed by atoms with E-state index >= 15 is 0 Å². The van der Waals surface area contributed by atoms with Gasteiger partial charge < -0.3 is 14.7 Å². The van der Waals surface area contributed by atoms with Gasteiger partial charge in [0.2, 0.25) is 11.8 Å². The molecule has 5 heteroatoms. The molecule has 1 aliphatic heterocycles. The van der Waals surface area contributed by atoms with E-state index in [9.17, 15) is 9.59 Å². The maximum atomic E-state index is 12.6. The maximum absolute atomic E-state index is 12.6. The van der Waals surface area contributed by atoms with E-state index in [-0.39, 0.29) is 18.2 Å². The summed E-state index contributed by atoms with van der Waals surface area (Å²) in [5.74, 6) is -0.212. The average Bonchev–Trinajstić information content (AvgIpc) is 2.71. The number of nitrogens with zero attached hydrogens (tertiary/aromatic N) is 3. The topological polar surface area (TPSA) is 43.9 Å². The zero-order valence-electron chi connectivity index (χ0n) is 17.0. The molecule has 2 aromatic carbocycles. The Morgan fingerprint density at radius 2 is 1.61 bits per heavy atom. The highest BCUT2D eigenvalue weighted by atomic mass is 16.2. The number of benzene rings is 2. The van der Waals surface area contributed by atoms with Crippen LogP contribution in [0.3, 0.4) is 0 Å². The molecular weight excluding hydrogens is 350 g/mol. The van der Waals surface area contributed by atoms with Gasteiger partial charge in [-0.05, 0) is 36.6 Å². The van der Waals surface area contributed by atoms with Crippen LogP contribution in [0, 0.1) is 13.8 Å². The summed E-state index contributed by atoms with van der Waals surface area (Å²) in [4.78, 5) is 30.8. The molecule has 2 aromatic rings. The highest BCUT2D eigenvalue weighted by Gasteiger charge is 2.24. The van der Waals surface area contributed by atoms with E-state index in [1.54, 1.807) is 11.9 Å². The molecule has 0 atom stereocenters. The molecule has 0 bridgehead atoms. The largest absolute Gasteiger partial charge is 0.368 e. The van der Waals surface area contributed by atoms with Gasteiger partial charge in [0, 0.05) is 45.5 Å². The predicted molar refractivity (Wildman–Crippen MR) is 112 cm³/mol. The molecule has 1 saturated heterocycles. The van der Waals surface area contributed by atoms with Gasteiger partial charge in [-0.2, -0.15) is 0 Å². The summed E-state index contributed by atoms with van der Waals surface area (Å²) in [6.07, 6.45) is -0.0627. The Hall–Kier alpha value is -2.82. The number of carbonyl (C=O) groups excluding carboxylic acids is 2. The molecule has 0 aliphatic carbocycles. The lowest BCUT2D eigenvalue weighted by Gasteiger charge is -2.37. The van der Waals surface area contributed by atoms with Gasteiger partial charge in [0.1, 0.15) is 6.42 Å². The van der Waals surface area contributed by atoms with Gasteiger partial charge in [0.05, 0.1) is 0 Å². The molecule has 0 spiro atoms. The SMILES string of the molecule is Cc1cccc(N2CCN(C(=O)CC(=O)N(C)Cc3ccccc3)CC2)c1C. The fourth-order valence-electron chi connectivity index (χ4n) is 3.60. The number of amides is 2. The van der Waals surface area contributed by atoms with Crippen LogP contribution >= 0.6 is 0 Å². The van der Waals surface area contributed by atoms with E-state index in [1.165, 1.54) is 16.8 Å². The van der Waals surface area contributed by atoms with Crippen LogP contribution in [0.25, 0.3) is 0 Å². The zero-order chi connectivity index (χ0) is 20.1. The van der Waals surface area contributed by atoms with Crippen molar-refractivity contribution in [3.05, 3.63) is 65.2 Å². The first-order chi connectivity index (χ1) is 13.5. The molecule has 0 saturated carbocycles. The Balaban J connectivity index is 1.51. The summed E-state index contributed by atoms with van der Waals surface area (Å²) in [5, 5.41) is 0. The number of carbonyl (C=O) groups is 2. The molecule has 148 valence electrons. The number of piperazine rings is 1. The normalized spacial score (nSPS) is 14.1. The number of aryl methyl sites for hydroxylation is 1. The number of hydrogen-bond acceptors (Lipinski definition) is 3. The lowest BCUT2D eigenvalue weighted by atomic mass is 10.1. The van der Waals surface area contributed by atoms with Crippen LogP contribution < -0.4 is 4.90 Å². The standard InChI is InChI=1S/C23H29N3O2/c1-18-8-7-11-21(19(18)2)25-12-14-26(15-13-25)23(28)16-22(27)24(3)17-20-9-5-4-6-10-20/h4-11H,12-17H2,1-3H3. The molecule has 2 amide bonds. The van der Waals surface area contributed by atoms with E-state index in [2.05, 4.69) is 36.9 Å². The van der Waals surface area contributed by atoms with Crippen LogP contribution in [0.1, 0.15) is 23.1 Å². The second kappa shape index (κ2) is 8.91. The molecule has 1 fully saturated rings.